The third kappa shape index (κ3) is 3.01. The Kier molecular flexibility index (Phi) is 4.32. The molecule has 0 aliphatic carbocycles. The van der Waals surface area contributed by atoms with E-state index >= 15 is 0 Å². The predicted molar refractivity (Wildman–Crippen MR) is 75.7 cm³/mol. The second kappa shape index (κ2) is 5.97. The van der Waals surface area contributed by atoms with Gasteiger partial charge in [0.1, 0.15) is 11.6 Å². The lowest BCUT2D eigenvalue weighted by Crippen LogP contribution is -2.17. The van der Waals surface area contributed by atoms with Gasteiger partial charge < -0.3 is 10.3 Å². The van der Waals surface area contributed by atoms with Crippen LogP contribution in [0.4, 0.5) is 4.39 Å². The Bertz CT molecular complexity index is 531. The molecule has 1 heterocycles. The first-order valence-electron chi connectivity index (χ1n) is 6.62. The number of nitrogens with one attached hydrogen (secondary N) is 2. The number of imidazole rings is 1. The smallest absolute Gasteiger partial charge is 0.123 e. The Balaban J connectivity index is 2.32. The first kappa shape index (κ1) is 13.7. The molecule has 0 bridgehead atoms. The SMILES string of the molecule is CCC(CNC)c1nc(-c2ccc(F)cc2)c(C)[nH]1. The number of benzene rings is 1. The number of nitrogens with zero attached hydrogens (tertiary/aromatic N) is 1. The van der Waals surface area contributed by atoms with Crippen molar-refractivity contribution in [2.45, 2.75) is 26.2 Å². The number of aryl methyl sites for hydroxylation is 1. The molecule has 2 aromatic rings. The van der Waals surface area contributed by atoms with Gasteiger partial charge in [0.15, 0.2) is 0 Å². The fraction of sp³-hybridized carbons (Fsp3) is 0.400. The van der Waals surface area contributed by atoms with Gasteiger partial charge in [-0.3, -0.25) is 0 Å². The van der Waals surface area contributed by atoms with Gasteiger partial charge in [0.2, 0.25) is 0 Å². The molecule has 0 aliphatic heterocycles. The summed E-state index contributed by atoms with van der Waals surface area (Å²) in [7, 11) is 1.94. The molecular formula is C15H20FN3. The van der Waals surface area contributed by atoms with Gasteiger partial charge in [0, 0.05) is 23.7 Å². The minimum Gasteiger partial charge on any atom is -0.345 e. The maximum Gasteiger partial charge on any atom is 0.123 e. The standard InChI is InChI=1S/C15H20FN3/c1-4-11(9-17-3)15-18-10(2)14(19-15)12-5-7-13(16)8-6-12/h5-8,11,17H,4,9H2,1-3H3,(H,18,19). The second-order valence-electron chi connectivity index (χ2n) is 4.77. The molecule has 0 amide bonds. The minimum atomic E-state index is -0.223. The minimum absolute atomic E-state index is 0.223. The van der Waals surface area contributed by atoms with Crippen LogP contribution < -0.4 is 5.32 Å². The Morgan fingerprint density at radius 1 is 1.32 bits per heavy atom. The van der Waals surface area contributed by atoms with Crippen molar-refractivity contribution in [2.75, 3.05) is 13.6 Å². The fourth-order valence-electron chi connectivity index (χ4n) is 2.25. The maximum atomic E-state index is 13.0. The number of H-pyrrole nitrogens is 1. The van der Waals surface area contributed by atoms with Crippen LogP contribution in [-0.4, -0.2) is 23.6 Å². The van der Waals surface area contributed by atoms with Gasteiger partial charge in [0.05, 0.1) is 5.69 Å². The van der Waals surface area contributed by atoms with E-state index in [1.807, 2.05) is 14.0 Å². The third-order valence-corrected chi connectivity index (χ3v) is 3.35. The molecule has 2 rings (SSSR count). The molecule has 4 heteroatoms. The van der Waals surface area contributed by atoms with E-state index in [2.05, 4.69) is 22.2 Å². The van der Waals surface area contributed by atoms with Crippen molar-refractivity contribution in [3.05, 3.63) is 41.6 Å². The summed E-state index contributed by atoms with van der Waals surface area (Å²) in [6.07, 6.45) is 1.02. The first-order valence-corrected chi connectivity index (χ1v) is 6.62. The lowest BCUT2D eigenvalue weighted by molar-refractivity contribution is 0.585. The number of aromatic amines is 1. The summed E-state index contributed by atoms with van der Waals surface area (Å²) < 4.78 is 13.0. The van der Waals surface area contributed by atoms with Crippen LogP contribution in [0, 0.1) is 12.7 Å². The number of rotatable bonds is 5. The molecule has 102 valence electrons. The van der Waals surface area contributed by atoms with Crippen LogP contribution in [-0.2, 0) is 0 Å². The normalized spacial score (nSPS) is 12.6. The van der Waals surface area contributed by atoms with Crippen molar-refractivity contribution < 1.29 is 4.39 Å². The van der Waals surface area contributed by atoms with E-state index in [4.69, 9.17) is 0 Å². The van der Waals surface area contributed by atoms with Crippen LogP contribution in [0.25, 0.3) is 11.3 Å². The van der Waals surface area contributed by atoms with Gasteiger partial charge in [-0.1, -0.05) is 6.92 Å². The van der Waals surface area contributed by atoms with Crippen LogP contribution in [0.2, 0.25) is 0 Å². The Morgan fingerprint density at radius 2 is 2.00 bits per heavy atom. The monoisotopic (exact) mass is 261 g/mol. The molecule has 1 atom stereocenters. The average Bonchev–Trinajstić information content (AvgIpc) is 2.79. The summed E-state index contributed by atoms with van der Waals surface area (Å²) in [6, 6.07) is 6.46. The van der Waals surface area contributed by atoms with Crippen LogP contribution in [0.5, 0.6) is 0 Å². The van der Waals surface area contributed by atoms with Gasteiger partial charge in [0.25, 0.3) is 0 Å². The number of aromatic nitrogens is 2. The maximum absolute atomic E-state index is 13.0. The Hall–Kier alpha value is -1.68. The summed E-state index contributed by atoms with van der Waals surface area (Å²) in [4.78, 5) is 8.03. The largest absolute Gasteiger partial charge is 0.345 e. The van der Waals surface area contributed by atoms with Crippen LogP contribution in [0.3, 0.4) is 0 Å². The van der Waals surface area contributed by atoms with Crippen molar-refractivity contribution in [3.8, 4) is 11.3 Å². The third-order valence-electron chi connectivity index (χ3n) is 3.35. The van der Waals surface area contributed by atoms with Crippen molar-refractivity contribution in [2.24, 2.45) is 0 Å². The van der Waals surface area contributed by atoms with Crippen molar-refractivity contribution in [3.63, 3.8) is 0 Å². The molecule has 0 saturated carbocycles. The van der Waals surface area contributed by atoms with E-state index in [9.17, 15) is 4.39 Å². The first-order chi connectivity index (χ1) is 9.15. The average molecular weight is 261 g/mol. The van der Waals surface area contributed by atoms with Crippen molar-refractivity contribution in [1.29, 1.82) is 0 Å². The predicted octanol–water partition coefficient (Wildman–Crippen LogP) is 3.24. The van der Waals surface area contributed by atoms with Gasteiger partial charge in [-0.25, -0.2) is 9.37 Å². The molecule has 1 aromatic carbocycles. The summed E-state index contributed by atoms with van der Waals surface area (Å²) in [5.74, 6) is 1.14. The highest BCUT2D eigenvalue weighted by molar-refractivity contribution is 5.61. The molecule has 19 heavy (non-hydrogen) atoms. The van der Waals surface area contributed by atoms with E-state index in [-0.39, 0.29) is 5.82 Å². The van der Waals surface area contributed by atoms with Crippen LogP contribution in [0.15, 0.2) is 24.3 Å². The molecule has 0 fully saturated rings. The molecule has 1 unspecified atom stereocenters. The quantitative estimate of drug-likeness (QED) is 0.867. The summed E-state index contributed by atoms with van der Waals surface area (Å²) >= 11 is 0. The molecule has 0 aliphatic rings. The molecule has 2 N–H and O–H groups in total. The fourth-order valence-corrected chi connectivity index (χ4v) is 2.25. The zero-order valence-corrected chi connectivity index (χ0v) is 11.6. The lowest BCUT2D eigenvalue weighted by Gasteiger charge is -2.10. The molecule has 1 aromatic heterocycles. The second-order valence-corrected chi connectivity index (χ2v) is 4.77. The summed E-state index contributed by atoms with van der Waals surface area (Å²) in [5.41, 5.74) is 2.88. The van der Waals surface area contributed by atoms with Gasteiger partial charge in [-0.05, 0) is 44.7 Å². The molecular weight excluding hydrogens is 241 g/mol. The zero-order valence-electron chi connectivity index (χ0n) is 11.6. The highest BCUT2D eigenvalue weighted by Crippen LogP contribution is 2.25. The molecule has 3 nitrogen and oxygen atoms in total. The van der Waals surface area contributed by atoms with Crippen molar-refractivity contribution >= 4 is 0 Å². The topological polar surface area (TPSA) is 40.7 Å². The van der Waals surface area contributed by atoms with Gasteiger partial charge in [-0.15, -0.1) is 0 Å². The van der Waals surface area contributed by atoms with Crippen molar-refractivity contribution in [1.82, 2.24) is 15.3 Å². The molecule has 0 saturated heterocycles. The summed E-state index contributed by atoms with van der Waals surface area (Å²) in [6.45, 7) is 5.05. The molecule has 0 radical (unpaired) electrons. The number of hydrogen-bond donors (Lipinski definition) is 2. The van der Waals surface area contributed by atoms with Crippen LogP contribution in [0.1, 0.15) is 30.8 Å². The number of halogens is 1. The Morgan fingerprint density at radius 3 is 2.58 bits per heavy atom. The van der Waals surface area contributed by atoms with Gasteiger partial charge >= 0.3 is 0 Å². The Labute approximate surface area is 113 Å². The number of hydrogen-bond acceptors (Lipinski definition) is 2. The molecule has 0 spiro atoms. The highest BCUT2D eigenvalue weighted by Gasteiger charge is 2.15. The van der Waals surface area contributed by atoms with E-state index in [0.29, 0.717) is 5.92 Å². The number of likely N-dealkylation sites (N-methyl/N-ethyl adjacent to an activating group) is 1. The lowest BCUT2D eigenvalue weighted by atomic mass is 10.1. The van der Waals surface area contributed by atoms with E-state index < -0.39 is 0 Å². The van der Waals surface area contributed by atoms with Gasteiger partial charge in [-0.2, -0.15) is 0 Å². The van der Waals surface area contributed by atoms with Crippen LogP contribution >= 0.6 is 0 Å². The van der Waals surface area contributed by atoms with E-state index in [0.717, 1.165) is 35.7 Å². The van der Waals surface area contributed by atoms with E-state index in [1.165, 1.54) is 12.1 Å². The zero-order chi connectivity index (χ0) is 13.8. The highest BCUT2D eigenvalue weighted by atomic mass is 19.1. The van der Waals surface area contributed by atoms with E-state index in [1.54, 1.807) is 12.1 Å². The summed E-state index contributed by atoms with van der Waals surface area (Å²) in [5, 5.41) is 3.18.